The number of hydrogen-bond donors (Lipinski definition) is 2. The number of aliphatic hydroxyl groups is 1. The average Bonchev–Trinajstić information content (AvgIpc) is 2.27. The van der Waals surface area contributed by atoms with Crippen molar-refractivity contribution in [1.82, 2.24) is 0 Å². The Bertz CT molecular complexity index is 576. The molecule has 6 heteroatoms. The first-order valence-corrected chi connectivity index (χ1v) is 7.74. The van der Waals surface area contributed by atoms with Crippen molar-refractivity contribution in [3.8, 4) is 0 Å². The van der Waals surface area contributed by atoms with Crippen LogP contribution in [0.4, 0.5) is 5.69 Å². The SMILES string of the molecule is CC(O)c1ccccc1NC(=O)C(C)(C)S(C)(=O)=O. The van der Waals surface area contributed by atoms with Crippen LogP contribution in [0.5, 0.6) is 0 Å². The van der Waals surface area contributed by atoms with Gasteiger partial charge in [0.2, 0.25) is 5.91 Å². The van der Waals surface area contributed by atoms with E-state index in [4.69, 9.17) is 0 Å². The lowest BCUT2D eigenvalue weighted by molar-refractivity contribution is -0.117. The molecule has 106 valence electrons. The number of carbonyl (C=O) groups excluding carboxylic acids is 1. The van der Waals surface area contributed by atoms with Crippen LogP contribution in [0.3, 0.4) is 0 Å². The van der Waals surface area contributed by atoms with Gasteiger partial charge < -0.3 is 10.4 Å². The van der Waals surface area contributed by atoms with Gasteiger partial charge in [0, 0.05) is 17.5 Å². The van der Waals surface area contributed by atoms with Crippen molar-refractivity contribution >= 4 is 21.4 Å². The number of anilines is 1. The molecule has 1 unspecified atom stereocenters. The molecular formula is C13H19NO4S. The van der Waals surface area contributed by atoms with Crippen molar-refractivity contribution in [3.05, 3.63) is 29.8 Å². The van der Waals surface area contributed by atoms with E-state index >= 15 is 0 Å². The smallest absolute Gasteiger partial charge is 0.245 e. The topological polar surface area (TPSA) is 83.5 Å². The van der Waals surface area contributed by atoms with Crippen LogP contribution in [0.2, 0.25) is 0 Å². The van der Waals surface area contributed by atoms with Crippen molar-refractivity contribution in [3.63, 3.8) is 0 Å². The molecule has 0 bridgehead atoms. The molecule has 0 saturated carbocycles. The molecule has 0 fully saturated rings. The first kappa shape index (κ1) is 15.7. The molecule has 1 rings (SSSR count). The van der Waals surface area contributed by atoms with Crippen LogP contribution in [0.15, 0.2) is 24.3 Å². The molecule has 1 atom stereocenters. The number of aliphatic hydroxyl groups excluding tert-OH is 1. The van der Waals surface area contributed by atoms with Gasteiger partial charge in [0.15, 0.2) is 9.84 Å². The Hall–Kier alpha value is -1.40. The Morgan fingerprint density at radius 3 is 2.32 bits per heavy atom. The van der Waals surface area contributed by atoms with Crippen LogP contribution in [0, 0.1) is 0 Å². The number of sulfone groups is 1. The number of amides is 1. The largest absolute Gasteiger partial charge is 0.389 e. The summed E-state index contributed by atoms with van der Waals surface area (Å²) in [6.07, 6.45) is 0.269. The normalized spacial score (nSPS) is 13.9. The third-order valence-electron chi connectivity index (χ3n) is 3.13. The maximum Gasteiger partial charge on any atom is 0.245 e. The number of carbonyl (C=O) groups is 1. The highest BCUT2D eigenvalue weighted by Gasteiger charge is 2.38. The summed E-state index contributed by atoms with van der Waals surface area (Å²) in [7, 11) is -3.53. The zero-order valence-electron chi connectivity index (χ0n) is 11.5. The van der Waals surface area contributed by atoms with Gasteiger partial charge in [-0.15, -0.1) is 0 Å². The van der Waals surface area contributed by atoms with E-state index in [0.717, 1.165) is 6.26 Å². The van der Waals surface area contributed by atoms with E-state index in [-0.39, 0.29) is 0 Å². The van der Waals surface area contributed by atoms with Crippen molar-refractivity contribution < 1.29 is 18.3 Å². The van der Waals surface area contributed by atoms with Gasteiger partial charge >= 0.3 is 0 Å². The molecule has 2 N–H and O–H groups in total. The highest BCUT2D eigenvalue weighted by molar-refractivity contribution is 7.92. The summed E-state index contributed by atoms with van der Waals surface area (Å²) < 4.78 is 21.7. The number of para-hydroxylation sites is 1. The maximum atomic E-state index is 12.1. The molecule has 0 spiro atoms. The predicted molar refractivity (Wildman–Crippen MR) is 74.6 cm³/mol. The molecule has 0 aliphatic carbocycles. The zero-order valence-corrected chi connectivity index (χ0v) is 12.3. The van der Waals surface area contributed by atoms with E-state index in [1.807, 2.05) is 0 Å². The van der Waals surface area contributed by atoms with Crippen LogP contribution in [0.25, 0.3) is 0 Å². The average molecular weight is 285 g/mol. The fraction of sp³-hybridized carbons (Fsp3) is 0.462. The predicted octanol–water partition coefficient (Wildman–Crippen LogP) is 1.50. The molecule has 1 amide bonds. The van der Waals surface area contributed by atoms with Gasteiger partial charge in [-0.3, -0.25) is 4.79 Å². The van der Waals surface area contributed by atoms with E-state index in [9.17, 15) is 18.3 Å². The summed E-state index contributed by atoms with van der Waals surface area (Å²) in [5, 5.41) is 12.2. The minimum absolute atomic E-state index is 0.416. The third kappa shape index (κ3) is 3.33. The highest BCUT2D eigenvalue weighted by atomic mass is 32.2. The summed E-state index contributed by atoms with van der Waals surface area (Å²) in [6.45, 7) is 4.28. The minimum Gasteiger partial charge on any atom is -0.389 e. The molecule has 1 aromatic rings. The monoisotopic (exact) mass is 285 g/mol. The Balaban J connectivity index is 3.08. The Labute approximate surface area is 113 Å². The van der Waals surface area contributed by atoms with Gasteiger partial charge in [-0.2, -0.15) is 0 Å². The summed E-state index contributed by atoms with van der Waals surface area (Å²) in [6, 6.07) is 6.74. The summed E-state index contributed by atoms with van der Waals surface area (Å²) in [4.78, 5) is 12.1. The fourth-order valence-corrected chi connectivity index (χ4v) is 1.80. The second-order valence-corrected chi connectivity index (χ2v) is 7.56. The lowest BCUT2D eigenvalue weighted by atomic mass is 10.1. The second kappa shape index (κ2) is 5.30. The first-order valence-electron chi connectivity index (χ1n) is 5.85. The lowest BCUT2D eigenvalue weighted by Crippen LogP contribution is -2.44. The molecule has 0 radical (unpaired) electrons. The summed E-state index contributed by atoms with van der Waals surface area (Å²) in [5.41, 5.74) is 0.958. The van der Waals surface area contributed by atoms with Gasteiger partial charge in [-0.25, -0.2) is 8.42 Å². The minimum atomic E-state index is -3.53. The Morgan fingerprint density at radius 2 is 1.84 bits per heavy atom. The van der Waals surface area contributed by atoms with E-state index < -0.39 is 26.6 Å². The molecule has 0 saturated heterocycles. The number of hydrogen-bond acceptors (Lipinski definition) is 4. The molecule has 19 heavy (non-hydrogen) atoms. The summed E-state index contributed by atoms with van der Waals surface area (Å²) >= 11 is 0. The van der Waals surface area contributed by atoms with Crippen molar-refractivity contribution in [2.24, 2.45) is 0 Å². The van der Waals surface area contributed by atoms with E-state index in [1.54, 1.807) is 31.2 Å². The Kier molecular flexibility index (Phi) is 4.37. The van der Waals surface area contributed by atoms with Crippen LogP contribution in [-0.2, 0) is 14.6 Å². The van der Waals surface area contributed by atoms with Crippen molar-refractivity contribution in [1.29, 1.82) is 0 Å². The third-order valence-corrected chi connectivity index (χ3v) is 5.17. The zero-order chi connectivity index (χ0) is 14.8. The van der Waals surface area contributed by atoms with Gasteiger partial charge in [0.25, 0.3) is 0 Å². The lowest BCUT2D eigenvalue weighted by Gasteiger charge is -2.22. The second-order valence-electron chi connectivity index (χ2n) is 5.00. The van der Waals surface area contributed by atoms with Gasteiger partial charge in [0.05, 0.1) is 6.10 Å². The molecule has 0 aliphatic rings. The molecule has 0 aromatic heterocycles. The van der Waals surface area contributed by atoms with Gasteiger partial charge in [-0.05, 0) is 26.8 Å². The van der Waals surface area contributed by atoms with E-state index in [2.05, 4.69) is 5.32 Å². The molecule has 5 nitrogen and oxygen atoms in total. The highest BCUT2D eigenvalue weighted by Crippen LogP contribution is 2.24. The molecule has 0 aliphatic heterocycles. The molecule has 0 heterocycles. The van der Waals surface area contributed by atoms with Gasteiger partial charge in [-0.1, -0.05) is 18.2 Å². The van der Waals surface area contributed by atoms with E-state index in [0.29, 0.717) is 11.3 Å². The van der Waals surface area contributed by atoms with Crippen LogP contribution < -0.4 is 5.32 Å². The molecule has 1 aromatic carbocycles. The fourth-order valence-electron chi connectivity index (χ4n) is 1.42. The first-order chi connectivity index (χ1) is 8.57. The van der Waals surface area contributed by atoms with Crippen molar-refractivity contribution in [2.75, 3.05) is 11.6 Å². The Morgan fingerprint density at radius 1 is 1.32 bits per heavy atom. The maximum absolute atomic E-state index is 12.1. The quantitative estimate of drug-likeness (QED) is 0.878. The van der Waals surface area contributed by atoms with Crippen LogP contribution >= 0.6 is 0 Å². The molecular weight excluding hydrogens is 266 g/mol. The standard InChI is InChI=1S/C13H19NO4S/c1-9(15)10-7-5-6-8-11(10)14-12(16)13(2,3)19(4,17)18/h5-9,15H,1-4H3,(H,14,16). The van der Waals surface area contributed by atoms with Gasteiger partial charge in [0.1, 0.15) is 4.75 Å². The number of benzene rings is 1. The van der Waals surface area contributed by atoms with Crippen LogP contribution in [-0.4, -0.2) is 30.4 Å². The number of rotatable bonds is 4. The van der Waals surface area contributed by atoms with E-state index in [1.165, 1.54) is 13.8 Å². The van der Waals surface area contributed by atoms with Crippen LogP contribution in [0.1, 0.15) is 32.4 Å². The number of nitrogens with one attached hydrogen (secondary N) is 1. The summed E-state index contributed by atoms with van der Waals surface area (Å²) in [5.74, 6) is -0.622. The van der Waals surface area contributed by atoms with Crippen molar-refractivity contribution in [2.45, 2.75) is 31.6 Å².